The highest BCUT2D eigenvalue weighted by Gasteiger charge is 2.17. The predicted molar refractivity (Wildman–Crippen MR) is 135 cm³/mol. The van der Waals surface area contributed by atoms with Crippen molar-refractivity contribution in [1.82, 2.24) is 18.7 Å². The SMILES string of the molecule is CC(C)CCn1c(Cn2c(=O)n(CCCCC(=N)N=[N+]=[N-])c3ccccc32)nc2ccccc21. The lowest BCUT2D eigenvalue weighted by Gasteiger charge is -2.11. The summed E-state index contributed by atoms with van der Waals surface area (Å²) < 4.78 is 5.85. The smallest absolute Gasteiger partial charge is 0.326 e. The predicted octanol–water partition coefficient (Wildman–Crippen LogP) is 5.70. The molecule has 0 aliphatic carbocycles. The van der Waals surface area contributed by atoms with E-state index in [2.05, 4.69) is 34.5 Å². The third-order valence-corrected chi connectivity index (χ3v) is 6.10. The van der Waals surface area contributed by atoms with Gasteiger partial charge in [-0.2, -0.15) is 0 Å². The van der Waals surface area contributed by atoms with Gasteiger partial charge in [0.05, 0.1) is 34.4 Å². The number of unbranched alkanes of at least 4 members (excludes halogenated alkanes) is 1. The van der Waals surface area contributed by atoms with E-state index in [0.717, 1.165) is 40.9 Å². The average Bonchev–Trinajstić information content (AvgIpc) is 3.30. The number of fused-ring (bicyclic) bond motifs is 2. The Morgan fingerprint density at radius 2 is 1.68 bits per heavy atom. The Labute approximate surface area is 197 Å². The molecule has 0 atom stereocenters. The van der Waals surface area contributed by atoms with Gasteiger partial charge >= 0.3 is 5.69 Å². The van der Waals surface area contributed by atoms with E-state index in [0.29, 0.717) is 38.3 Å². The standard InChI is InChI=1S/C25H30N8O/c1-18(2)14-16-31-20-10-4-3-9-19(20)28-24(31)17-33-22-12-6-5-11-21(22)32(25(33)34)15-8-7-13-23(26)29-30-27/h3-6,9-12,18,26H,7-8,13-17H2,1-2H3. The lowest BCUT2D eigenvalue weighted by atomic mass is 10.1. The summed E-state index contributed by atoms with van der Waals surface area (Å²) in [5, 5.41) is 10.9. The van der Waals surface area contributed by atoms with Crippen molar-refractivity contribution >= 4 is 27.9 Å². The van der Waals surface area contributed by atoms with Gasteiger partial charge in [0.2, 0.25) is 0 Å². The highest BCUT2D eigenvalue weighted by molar-refractivity contribution is 5.79. The van der Waals surface area contributed by atoms with Crippen LogP contribution in [0, 0.1) is 11.3 Å². The van der Waals surface area contributed by atoms with Crippen LogP contribution in [0.25, 0.3) is 32.5 Å². The molecule has 4 aromatic rings. The highest BCUT2D eigenvalue weighted by atomic mass is 16.1. The van der Waals surface area contributed by atoms with E-state index in [1.807, 2.05) is 47.0 Å². The van der Waals surface area contributed by atoms with Crippen LogP contribution in [0.4, 0.5) is 0 Å². The van der Waals surface area contributed by atoms with Crippen molar-refractivity contribution in [1.29, 1.82) is 5.41 Å². The summed E-state index contributed by atoms with van der Waals surface area (Å²) in [4.78, 5) is 21.0. The summed E-state index contributed by atoms with van der Waals surface area (Å²) in [6, 6.07) is 16.0. The lowest BCUT2D eigenvalue weighted by Crippen LogP contribution is -2.26. The number of amidine groups is 1. The van der Waals surface area contributed by atoms with E-state index in [1.54, 1.807) is 4.57 Å². The molecule has 0 aliphatic heterocycles. The number of imidazole rings is 2. The van der Waals surface area contributed by atoms with Crippen molar-refractivity contribution in [2.75, 3.05) is 0 Å². The number of para-hydroxylation sites is 4. The normalized spacial score (nSPS) is 11.4. The maximum atomic E-state index is 13.5. The van der Waals surface area contributed by atoms with Crippen LogP contribution in [0.1, 0.15) is 45.4 Å². The number of benzene rings is 2. The van der Waals surface area contributed by atoms with E-state index in [1.165, 1.54) is 0 Å². The molecule has 2 aromatic carbocycles. The van der Waals surface area contributed by atoms with Crippen LogP contribution < -0.4 is 5.69 Å². The zero-order chi connectivity index (χ0) is 24.1. The van der Waals surface area contributed by atoms with Crippen LogP contribution in [0.5, 0.6) is 0 Å². The van der Waals surface area contributed by atoms with E-state index in [-0.39, 0.29) is 11.5 Å². The van der Waals surface area contributed by atoms with E-state index >= 15 is 0 Å². The van der Waals surface area contributed by atoms with Crippen molar-refractivity contribution in [3.63, 3.8) is 0 Å². The summed E-state index contributed by atoms with van der Waals surface area (Å²) in [5.41, 5.74) is 12.2. The molecule has 0 amide bonds. The molecule has 0 radical (unpaired) electrons. The highest BCUT2D eigenvalue weighted by Crippen LogP contribution is 2.21. The second-order valence-electron chi connectivity index (χ2n) is 8.95. The molecule has 2 aromatic heterocycles. The van der Waals surface area contributed by atoms with Crippen LogP contribution in [0.15, 0.2) is 58.4 Å². The van der Waals surface area contributed by atoms with Gasteiger partial charge in [0.15, 0.2) is 0 Å². The molecular weight excluding hydrogens is 428 g/mol. The quantitative estimate of drug-likeness (QED) is 0.0819. The maximum Gasteiger partial charge on any atom is 0.329 e. The fourth-order valence-electron chi connectivity index (χ4n) is 4.33. The van der Waals surface area contributed by atoms with E-state index < -0.39 is 0 Å². The Morgan fingerprint density at radius 3 is 2.38 bits per heavy atom. The van der Waals surface area contributed by atoms with Gasteiger partial charge in [0, 0.05) is 18.0 Å². The number of nitrogens with zero attached hydrogens (tertiary/aromatic N) is 7. The van der Waals surface area contributed by atoms with Gasteiger partial charge in [0.1, 0.15) is 5.82 Å². The van der Waals surface area contributed by atoms with Gasteiger partial charge in [0.25, 0.3) is 0 Å². The number of rotatable bonds is 10. The fraction of sp³-hybridized carbons (Fsp3) is 0.400. The number of azide groups is 1. The molecule has 0 fully saturated rings. The number of aromatic nitrogens is 4. The van der Waals surface area contributed by atoms with Gasteiger partial charge < -0.3 is 9.98 Å². The molecule has 0 spiro atoms. The van der Waals surface area contributed by atoms with Gasteiger partial charge in [-0.1, -0.05) is 38.1 Å². The Morgan fingerprint density at radius 1 is 1.00 bits per heavy atom. The van der Waals surface area contributed by atoms with Crippen LogP contribution in [-0.2, 0) is 19.6 Å². The Kier molecular flexibility index (Phi) is 7.13. The first kappa shape index (κ1) is 23.3. The van der Waals surface area contributed by atoms with Gasteiger partial charge in [-0.3, -0.25) is 9.13 Å². The number of nitrogens with one attached hydrogen (secondary N) is 1. The molecule has 0 aliphatic rings. The van der Waals surface area contributed by atoms with Crippen molar-refractivity contribution in [2.45, 2.75) is 59.2 Å². The second-order valence-corrected chi connectivity index (χ2v) is 8.95. The van der Waals surface area contributed by atoms with Crippen molar-refractivity contribution in [3.8, 4) is 0 Å². The number of aryl methyl sites for hydroxylation is 2. The monoisotopic (exact) mass is 458 g/mol. The van der Waals surface area contributed by atoms with Gasteiger partial charge in [-0.05, 0) is 66.5 Å². The van der Waals surface area contributed by atoms with Crippen LogP contribution in [-0.4, -0.2) is 24.5 Å². The topological polar surface area (TPSA) is 117 Å². The van der Waals surface area contributed by atoms with Crippen LogP contribution >= 0.6 is 0 Å². The molecule has 4 rings (SSSR count). The zero-order valence-electron chi connectivity index (χ0n) is 19.7. The third-order valence-electron chi connectivity index (χ3n) is 6.10. The largest absolute Gasteiger partial charge is 0.329 e. The first-order valence-electron chi connectivity index (χ1n) is 11.7. The van der Waals surface area contributed by atoms with E-state index in [4.69, 9.17) is 15.9 Å². The van der Waals surface area contributed by atoms with Crippen molar-refractivity contribution < 1.29 is 0 Å². The zero-order valence-corrected chi connectivity index (χ0v) is 19.7. The molecule has 9 heteroatoms. The Bertz CT molecular complexity index is 1420. The summed E-state index contributed by atoms with van der Waals surface area (Å²) in [6.07, 6.45) is 2.82. The first-order chi connectivity index (χ1) is 16.5. The fourth-order valence-corrected chi connectivity index (χ4v) is 4.33. The number of hydrogen-bond donors (Lipinski definition) is 1. The van der Waals surface area contributed by atoms with E-state index in [9.17, 15) is 4.79 Å². The molecule has 0 saturated carbocycles. The maximum absolute atomic E-state index is 13.5. The number of hydrogen-bond acceptors (Lipinski definition) is 3. The first-order valence-corrected chi connectivity index (χ1v) is 11.7. The molecule has 0 unspecified atom stereocenters. The molecule has 2 heterocycles. The summed E-state index contributed by atoms with van der Waals surface area (Å²) in [5.74, 6) is 1.48. The minimum atomic E-state index is -0.0613. The lowest BCUT2D eigenvalue weighted by molar-refractivity contribution is 0.506. The van der Waals surface area contributed by atoms with Gasteiger partial charge in [-0.25, -0.2) is 9.78 Å². The Hall–Kier alpha value is -3.84. The molecule has 0 bridgehead atoms. The summed E-state index contributed by atoms with van der Waals surface area (Å²) in [6.45, 7) is 6.23. The molecule has 1 N–H and O–H groups in total. The average molecular weight is 459 g/mol. The molecule has 0 saturated heterocycles. The molecular formula is C25H30N8O. The molecule has 176 valence electrons. The van der Waals surface area contributed by atoms with Gasteiger partial charge in [-0.15, -0.1) is 0 Å². The van der Waals surface area contributed by atoms with Crippen molar-refractivity contribution in [2.24, 2.45) is 11.0 Å². The third kappa shape index (κ3) is 4.89. The van der Waals surface area contributed by atoms with Crippen LogP contribution in [0.2, 0.25) is 0 Å². The summed E-state index contributed by atoms with van der Waals surface area (Å²) >= 11 is 0. The Balaban J connectivity index is 1.65. The minimum Gasteiger partial charge on any atom is -0.326 e. The molecule has 34 heavy (non-hydrogen) atoms. The summed E-state index contributed by atoms with van der Waals surface area (Å²) in [7, 11) is 0. The van der Waals surface area contributed by atoms with Crippen molar-refractivity contribution in [3.05, 3.63) is 75.3 Å². The second kappa shape index (κ2) is 10.4. The molecule has 9 nitrogen and oxygen atoms in total. The van der Waals surface area contributed by atoms with Crippen LogP contribution in [0.3, 0.4) is 0 Å². The minimum absolute atomic E-state index is 0.0255.